The SMILES string of the molecule is CCOc1ccc(OCC(=O)NC(C)(COC)C(=O)O)cc1. The Kier molecular flexibility index (Phi) is 6.65. The molecule has 0 heterocycles. The van der Waals surface area contributed by atoms with Crippen LogP contribution in [-0.2, 0) is 14.3 Å². The third-order valence-electron chi connectivity index (χ3n) is 2.83. The number of benzene rings is 1. The summed E-state index contributed by atoms with van der Waals surface area (Å²) in [4.78, 5) is 23.0. The van der Waals surface area contributed by atoms with Crippen molar-refractivity contribution in [3.05, 3.63) is 24.3 Å². The van der Waals surface area contributed by atoms with Crippen molar-refractivity contribution in [3.63, 3.8) is 0 Å². The van der Waals surface area contributed by atoms with Gasteiger partial charge in [-0.05, 0) is 38.1 Å². The normalized spacial score (nSPS) is 13.0. The minimum atomic E-state index is -1.49. The topological polar surface area (TPSA) is 94.1 Å². The van der Waals surface area contributed by atoms with E-state index in [1.807, 2.05) is 6.92 Å². The quantitative estimate of drug-likeness (QED) is 0.708. The summed E-state index contributed by atoms with van der Waals surface area (Å²) >= 11 is 0. The van der Waals surface area contributed by atoms with Crippen LogP contribution in [-0.4, -0.2) is 49.5 Å². The first-order valence-electron chi connectivity index (χ1n) is 6.80. The number of rotatable bonds is 9. The third-order valence-corrected chi connectivity index (χ3v) is 2.83. The van der Waals surface area contributed by atoms with E-state index in [4.69, 9.17) is 19.3 Å². The predicted molar refractivity (Wildman–Crippen MR) is 79.2 cm³/mol. The molecule has 0 radical (unpaired) electrons. The van der Waals surface area contributed by atoms with Crippen LogP contribution in [0.5, 0.6) is 11.5 Å². The molecule has 0 bridgehead atoms. The van der Waals surface area contributed by atoms with Crippen LogP contribution in [0.2, 0.25) is 0 Å². The molecule has 0 aliphatic heterocycles. The maximum atomic E-state index is 11.8. The lowest BCUT2D eigenvalue weighted by Crippen LogP contribution is -2.56. The van der Waals surface area contributed by atoms with Crippen LogP contribution >= 0.6 is 0 Å². The monoisotopic (exact) mass is 311 g/mol. The van der Waals surface area contributed by atoms with Crippen molar-refractivity contribution >= 4 is 11.9 Å². The molecule has 1 amide bonds. The lowest BCUT2D eigenvalue weighted by molar-refractivity contribution is -0.149. The molecule has 1 unspecified atom stereocenters. The Hall–Kier alpha value is -2.28. The number of carboxylic acid groups (broad SMARTS) is 1. The molecule has 2 N–H and O–H groups in total. The Bertz CT molecular complexity index is 501. The zero-order valence-corrected chi connectivity index (χ0v) is 12.9. The average Bonchev–Trinajstić information content (AvgIpc) is 2.47. The maximum Gasteiger partial charge on any atom is 0.331 e. The minimum Gasteiger partial charge on any atom is -0.494 e. The summed E-state index contributed by atoms with van der Waals surface area (Å²) in [5.74, 6) is -0.528. The first-order valence-corrected chi connectivity index (χ1v) is 6.80. The molecule has 1 aromatic carbocycles. The van der Waals surface area contributed by atoms with Crippen LogP contribution in [0.1, 0.15) is 13.8 Å². The van der Waals surface area contributed by atoms with E-state index in [-0.39, 0.29) is 13.2 Å². The summed E-state index contributed by atoms with van der Waals surface area (Å²) in [7, 11) is 1.36. The molecule has 0 spiro atoms. The fourth-order valence-corrected chi connectivity index (χ4v) is 1.73. The second-order valence-corrected chi connectivity index (χ2v) is 4.81. The van der Waals surface area contributed by atoms with Gasteiger partial charge in [-0.25, -0.2) is 4.79 Å². The second-order valence-electron chi connectivity index (χ2n) is 4.81. The molecule has 122 valence electrons. The number of nitrogens with one attached hydrogen (secondary N) is 1. The number of carboxylic acids is 1. The van der Waals surface area contributed by atoms with Gasteiger partial charge in [-0.15, -0.1) is 0 Å². The lowest BCUT2D eigenvalue weighted by atomic mass is 10.0. The highest BCUT2D eigenvalue weighted by Crippen LogP contribution is 2.17. The molecule has 1 rings (SSSR count). The van der Waals surface area contributed by atoms with Crippen LogP contribution in [0.15, 0.2) is 24.3 Å². The molecule has 0 fully saturated rings. The lowest BCUT2D eigenvalue weighted by Gasteiger charge is -2.25. The molecule has 1 aromatic rings. The van der Waals surface area contributed by atoms with Crippen molar-refractivity contribution in [2.24, 2.45) is 0 Å². The summed E-state index contributed by atoms with van der Waals surface area (Å²) in [5, 5.41) is 11.5. The molecule has 22 heavy (non-hydrogen) atoms. The smallest absolute Gasteiger partial charge is 0.331 e. The Balaban J connectivity index is 2.53. The molecular weight excluding hydrogens is 290 g/mol. The van der Waals surface area contributed by atoms with E-state index in [2.05, 4.69) is 5.32 Å². The molecule has 0 aromatic heterocycles. The number of carbonyl (C=O) groups excluding carboxylic acids is 1. The highest BCUT2D eigenvalue weighted by Gasteiger charge is 2.35. The van der Waals surface area contributed by atoms with E-state index < -0.39 is 17.4 Å². The fourth-order valence-electron chi connectivity index (χ4n) is 1.73. The first-order chi connectivity index (χ1) is 10.4. The molecule has 0 aliphatic carbocycles. The summed E-state index contributed by atoms with van der Waals surface area (Å²) < 4.78 is 15.4. The Morgan fingerprint density at radius 1 is 1.18 bits per heavy atom. The molecular formula is C15H21NO6. The molecule has 1 atom stereocenters. The van der Waals surface area contributed by atoms with Gasteiger partial charge in [-0.1, -0.05) is 0 Å². The van der Waals surface area contributed by atoms with Crippen LogP contribution in [0.3, 0.4) is 0 Å². The number of methoxy groups -OCH3 is 1. The van der Waals surface area contributed by atoms with E-state index in [1.54, 1.807) is 24.3 Å². The van der Waals surface area contributed by atoms with Crippen molar-refractivity contribution in [2.45, 2.75) is 19.4 Å². The second kappa shape index (κ2) is 8.23. The first kappa shape index (κ1) is 17.8. The Morgan fingerprint density at radius 3 is 2.18 bits per heavy atom. The average molecular weight is 311 g/mol. The number of hydrogen-bond acceptors (Lipinski definition) is 5. The van der Waals surface area contributed by atoms with E-state index in [0.29, 0.717) is 18.1 Å². The van der Waals surface area contributed by atoms with Gasteiger partial charge in [0.1, 0.15) is 11.5 Å². The zero-order valence-electron chi connectivity index (χ0n) is 12.9. The van der Waals surface area contributed by atoms with Crippen LogP contribution < -0.4 is 14.8 Å². The molecule has 7 nitrogen and oxygen atoms in total. The number of ether oxygens (including phenoxy) is 3. The maximum absolute atomic E-state index is 11.8. The summed E-state index contributed by atoms with van der Waals surface area (Å²) in [5.41, 5.74) is -1.49. The van der Waals surface area contributed by atoms with Gasteiger partial charge in [-0.2, -0.15) is 0 Å². The van der Waals surface area contributed by atoms with Gasteiger partial charge in [0, 0.05) is 7.11 Å². The van der Waals surface area contributed by atoms with E-state index >= 15 is 0 Å². The van der Waals surface area contributed by atoms with Crippen molar-refractivity contribution in [3.8, 4) is 11.5 Å². The number of amides is 1. The number of hydrogen-bond donors (Lipinski definition) is 2. The predicted octanol–water partition coefficient (Wildman–Crippen LogP) is 1.07. The van der Waals surface area contributed by atoms with Gasteiger partial charge >= 0.3 is 5.97 Å². The Labute approximate surface area is 129 Å². The standard InChI is InChI=1S/C15H21NO6/c1-4-21-11-5-7-12(8-6-11)22-9-13(17)16-15(2,10-20-3)14(18)19/h5-8H,4,9-10H2,1-3H3,(H,16,17)(H,18,19). The number of aliphatic carboxylic acids is 1. The van der Waals surface area contributed by atoms with Crippen LogP contribution in [0.4, 0.5) is 0 Å². The van der Waals surface area contributed by atoms with E-state index in [9.17, 15) is 9.59 Å². The van der Waals surface area contributed by atoms with Gasteiger partial charge in [-0.3, -0.25) is 4.79 Å². The molecule has 7 heteroatoms. The van der Waals surface area contributed by atoms with E-state index in [0.717, 1.165) is 0 Å². The molecule has 0 aliphatic rings. The van der Waals surface area contributed by atoms with Crippen LogP contribution in [0.25, 0.3) is 0 Å². The largest absolute Gasteiger partial charge is 0.494 e. The highest BCUT2D eigenvalue weighted by molar-refractivity contribution is 5.87. The summed E-state index contributed by atoms with van der Waals surface area (Å²) in [6.45, 7) is 3.38. The Morgan fingerprint density at radius 2 is 1.73 bits per heavy atom. The van der Waals surface area contributed by atoms with Gasteiger partial charge in [0.2, 0.25) is 0 Å². The van der Waals surface area contributed by atoms with Crippen molar-refractivity contribution in [2.75, 3.05) is 26.9 Å². The highest BCUT2D eigenvalue weighted by atomic mass is 16.5. The molecule has 0 saturated carbocycles. The fraction of sp³-hybridized carbons (Fsp3) is 0.467. The van der Waals surface area contributed by atoms with Crippen molar-refractivity contribution < 1.29 is 28.9 Å². The van der Waals surface area contributed by atoms with Gasteiger partial charge < -0.3 is 24.6 Å². The van der Waals surface area contributed by atoms with Gasteiger partial charge in [0.15, 0.2) is 12.1 Å². The summed E-state index contributed by atoms with van der Waals surface area (Å²) in [6, 6.07) is 6.79. The number of carbonyl (C=O) groups is 2. The van der Waals surface area contributed by atoms with Crippen molar-refractivity contribution in [1.29, 1.82) is 0 Å². The third kappa shape index (κ3) is 5.25. The minimum absolute atomic E-state index is 0.142. The molecule has 0 saturated heterocycles. The van der Waals surface area contributed by atoms with E-state index in [1.165, 1.54) is 14.0 Å². The van der Waals surface area contributed by atoms with Gasteiger partial charge in [0.05, 0.1) is 13.2 Å². The van der Waals surface area contributed by atoms with Gasteiger partial charge in [0.25, 0.3) is 5.91 Å². The summed E-state index contributed by atoms with van der Waals surface area (Å²) in [6.07, 6.45) is 0. The van der Waals surface area contributed by atoms with Crippen LogP contribution in [0, 0.1) is 0 Å². The zero-order chi connectivity index (χ0) is 16.6. The van der Waals surface area contributed by atoms with Crippen molar-refractivity contribution in [1.82, 2.24) is 5.32 Å².